The summed E-state index contributed by atoms with van der Waals surface area (Å²) in [6, 6.07) is 12.3. The van der Waals surface area contributed by atoms with Gasteiger partial charge in [0, 0.05) is 24.3 Å². The molecule has 1 heterocycles. The Kier molecular flexibility index (Phi) is 6.28. The number of nitrogens with one attached hydrogen (secondary N) is 1. The number of nitrogens with zero attached hydrogens (tertiary/aromatic N) is 2. The van der Waals surface area contributed by atoms with Gasteiger partial charge in [-0.1, -0.05) is 43.0 Å². The number of carbonyl (C=O) groups excluding carboxylic acids is 1. The molecule has 1 aliphatic heterocycles. The molecule has 0 bridgehead atoms. The van der Waals surface area contributed by atoms with Crippen LogP contribution in [-0.4, -0.2) is 30.3 Å². The highest BCUT2D eigenvalue weighted by atomic mass is 35.5. The first kappa shape index (κ1) is 20.7. The summed E-state index contributed by atoms with van der Waals surface area (Å²) in [7, 11) is 0. The largest absolute Gasteiger partial charge is 0.507 e. The number of hydrogen-bond donors (Lipinski definition) is 2. The second kappa shape index (κ2) is 9.09. The van der Waals surface area contributed by atoms with Crippen LogP contribution in [0.5, 0.6) is 5.75 Å². The van der Waals surface area contributed by atoms with Crippen molar-refractivity contribution in [2.45, 2.75) is 44.9 Å². The normalized spacial score (nSPS) is 18.6. The second-order valence-electron chi connectivity index (χ2n) is 8.47. The van der Waals surface area contributed by atoms with Gasteiger partial charge in [0.25, 0.3) is 5.91 Å². The molecule has 2 N–H and O–H groups in total. The smallest absolute Gasteiger partial charge is 0.275 e. The van der Waals surface area contributed by atoms with Crippen molar-refractivity contribution < 1.29 is 9.90 Å². The molecule has 0 unspecified atom stereocenters. The predicted octanol–water partition coefficient (Wildman–Crippen LogP) is 5.36. The van der Waals surface area contributed by atoms with Crippen molar-refractivity contribution in [3.63, 3.8) is 0 Å². The summed E-state index contributed by atoms with van der Waals surface area (Å²) < 4.78 is 0. The molecular formula is C24H28ClN3O2. The third-order valence-corrected chi connectivity index (χ3v) is 6.93. The van der Waals surface area contributed by atoms with E-state index < -0.39 is 5.91 Å². The maximum absolute atomic E-state index is 12.1. The third-order valence-electron chi connectivity index (χ3n) is 6.61. The highest BCUT2D eigenvalue weighted by molar-refractivity contribution is 6.33. The van der Waals surface area contributed by atoms with E-state index in [1.165, 1.54) is 63.3 Å². The summed E-state index contributed by atoms with van der Waals surface area (Å²) in [5, 5.41) is 14.3. The van der Waals surface area contributed by atoms with E-state index in [0.29, 0.717) is 10.4 Å². The van der Waals surface area contributed by atoms with E-state index in [-0.39, 0.29) is 11.3 Å². The molecule has 0 atom stereocenters. The van der Waals surface area contributed by atoms with E-state index in [1.807, 2.05) is 12.1 Å². The van der Waals surface area contributed by atoms with E-state index in [9.17, 15) is 9.90 Å². The van der Waals surface area contributed by atoms with Gasteiger partial charge in [-0.3, -0.25) is 4.79 Å². The van der Waals surface area contributed by atoms with Crippen LogP contribution >= 0.6 is 11.6 Å². The third kappa shape index (κ3) is 4.62. The molecule has 30 heavy (non-hydrogen) atoms. The fraction of sp³-hybridized carbons (Fsp3) is 0.417. The minimum absolute atomic E-state index is 0.0795. The fourth-order valence-corrected chi connectivity index (χ4v) is 4.97. The van der Waals surface area contributed by atoms with Crippen molar-refractivity contribution >= 4 is 29.4 Å². The Bertz CT molecular complexity index is 928. The number of phenolic OH excluding ortho intramolecular Hbond substituents is 1. The van der Waals surface area contributed by atoms with Crippen LogP contribution < -0.4 is 10.3 Å². The Morgan fingerprint density at radius 2 is 1.80 bits per heavy atom. The molecule has 1 saturated carbocycles. The number of para-hydroxylation sites is 1. The van der Waals surface area contributed by atoms with Crippen LogP contribution in [0.3, 0.4) is 0 Å². The van der Waals surface area contributed by atoms with Gasteiger partial charge < -0.3 is 10.0 Å². The fourth-order valence-electron chi connectivity index (χ4n) is 4.74. The molecule has 2 fully saturated rings. The zero-order valence-corrected chi connectivity index (χ0v) is 17.9. The summed E-state index contributed by atoms with van der Waals surface area (Å²) in [4.78, 5) is 14.5. The average molecular weight is 426 g/mol. The van der Waals surface area contributed by atoms with Gasteiger partial charge in [0.05, 0.1) is 16.8 Å². The standard InChI is InChI=1S/C24H28ClN3O2/c25-21-16-19(28-14-12-24(13-15-28)10-4-1-5-11-24)9-8-18(21)17-26-27-23(30)20-6-2-3-7-22(20)29/h2-3,6-9,16-17,29H,1,4-5,10-15H2,(H,27,30). The molecule has 2 aromatic rings. The number of hydrogen-bond acceptors (Lipinski definition) is 4. The number of amides is 1. The van der Waals surface area contributed by atoms with Gasteiger partial charge in [-0.25, -0.2) is 5.43 Å². The van der Waals surface area contributed by atoms with Crippen LogP contribution in [0.2, 0.25) is 5.02 Å². The van der Waals surface area contributed by atoms with Crippen LogP contribution in [0.15, 0.2) is 47.6 Å². The van der Waals surface area contributed by atoms with Crippen LogP contribution in [0, 0.1) is 5.41 Å². The number of benzene rings is 2. The van der Waals surface area contributed by atoms with Crippen molar-refractivity contribution in [3.05, 3.63) is 58.6 Å². The number of phenols is 1. The van der Waals surface area contributed by atoms with Crippen LogP contribution in [-0.2, 0) is 0 Å². The van der Waals surface area contributed by atoms with E-state index in [0.717, 1.165) is 24.3 Å². The molecule has 1 amide bonds. The van der Waals surface area contributed by atoms with Crippen molar-refractivity contribution in [2.24, 2.45) is 10.5 Å². The molecule has 158 valence electrons. The van der Waals surface area contributed by atoms with E-state index in [4.69, 9.17) is 11.6 Å². The predicted molar refractivity (Wildman–Crippen MR) is 122 cm³/mol. The van der Waals surface area contributed by atoms with Gasteiger partial charge >= 0.3 is 0 Å². The van der Waals surface area contributed by atoms with E-state index >= 15 is 0 Å². The quantitative estimate of drug-likeness (QED) is 0.512. The van der Waals surface area contributed by atoms with Gasteiger partial charge in [-0.2, -0.15) is 5.10 Å². The number of anilines is 1. The highest BCUT2D eigenvalue weighted by Gasteiger charge is 2.35. The van der Waals surface area contributed by atoms with Gasteiger partial charge in [-0.15, -0.1) is 0 Å². The van der Waals surface area contributed by atoms with Gasteiger partial charge in [-0.05, 0) is 61.4 Å². The average Bonchev–Trinajstić information content (AvgIpc) is 2.76. The summed E-state index contributed by atoms with van der Waals surface area (Å²) >= 11 is 6.48. The number of hydrazone groups is 1. The number of rotatable bonds is 4. The Labute approximate surface area is 182 Å². The van der Waals surface area contributed by atoms with Crippen molar-refractivity contribution in [3.8, 4) is 5.75 Å². The lowest BCUT2D eigenvalue weighted by Gasteiger charge is -2.45. The number of aromatic hydroxyl groups is 1. The summed E-state index contributed by atoms with van der Waals surface area (Å²) in [6.07, 6.45) is 11.0. The Morgan fingerprint density at radius 1 is 1.07 bits per heavy atom. The van der Waals surface area contributed by atoms with Crippen LogP contribution in [0.1, 0.15) is 60.9 Å². The molecule has 0 aromatic heterocycles. The first-order valence-corrected chi connectivity index (χ1v) is 11.1. The number of halogens is 1. The summed E-state index contributed by atoms with van der Waals surface area (Å²) in [6.45, 7) is 2.17. The van der Waals surface area contributed by atoms with Gasteiger partial charge in [0.1, 0.15) is 5.75 Å². The van der Waals surface area contributed by atoms with Gasteiger partial charge in [0.2, 0.25) is 0 Å². The Morgan fingerprint density at radius 3 is 2.50 bits per heavy atom. The molecular weight excluding hydrogens is 398 g/mol. The summed E-state index contributed by atoms with van der Waals surface area (Å²) in [5.74, 6) is -0.550. The topological polar surface area (TPSA) is 64.9 Å². The second-order valence-corrected chi connectivity index (χ2v) is 8.88. The Balaban J connectivity index is 1.36. The van der Waals surface area contributed by atoms with Crippen LogP contribution in [0.4, 0.5) is 5.69 Å². The number of piperidine rings is 1. The molecule has 0 radical (unpaired) electrons. The molecule has 2 aromatic carbocycles. The van der Waals surface area contributed by atoms with Crippen molar-refractivity contribution in [2.75, 3.05) is 18.0 Å². The maximum atomic E-state index is 12.1. The first-order valence-electron chi connectivity index (χ1n) is 10.7. The van der Waals surface area contributed by atoms with Gasteiger partial charge in [0.15, 0.2) is 0 Å². The first-order chi connectivity index (χ1) is 14.6. The summed E-state index contributed by atoms with van der Waals surface area (Å²) in [5.41, 5.74) is 5.06. The lowest BCUT2D eigenvalue weighted by atomic mass is 9.68. The van der Waals surface area contributed by atoms with E-state index in [1.54, 1.807) is 12.1 Å². The highest BCUT2D eigenvalue weighted by Crippen LogP contribution is 2.45. The monoisotopic (exact) mass is 425 g/mol. The lowest BCUT2D eigenvalue weighted by molar-refractivity contribution is 0.0952. The van der Waals surface area contributed by atoms with E-state index in [2.05, 4.69) is 21.5 Å². The minimum Gasteiger partial charge on any atom is -0.507 e. The zero-order valence-electron chi connectivity index (χ0n) is 17.1. The van der Waals surface area contributed by atoms with Crippen molar-refractivity contribution in [1.82, 2.24) is 5.43 Å². The zero-order chi connectivity index (χ0) is 21.0. The molecule has 1 aliphatic carbocycles. The maximum Gasteiger partial charge on any atom is 0.275 e. The lowest BCUT2D eigenvalue weighted by Crippen LogP contribution is -2.41. The molecule has 1 saturated heterocycles. The molecule has 5 nitrogen and oxygen atoms in total. The molecule has 2 aliphatic rings. The SMILES string of the molecule is O=C(NN=Cc1ccc(N2CCC3(CCCCC3)CC2)cc1Cl)c1ccccc1O. The van der Waals surface area contributed by atoms with Crippen molar-refractivity contribution in [1.29, 1.82) is 0 Å². The van der Waals surface area contributed by atoms with Crippen LogP contribution in [0.25, 0.3) is 0 Å². The Hall–Kier alpha value is -2.53. The number of carbonyl (C=O) groups is 1. The molecule has 1 spiro atoms. The minimum atomic E-state index is -0.470. The molecule has 4 rings (SSSR count). The molecule has 6 heteroatoms.